The second-order valence-corrected chi connectivity index (χ2v) is 12.9. The molecule has 0 aromatic heterocycles. The molecule has 0 radical (unpaired) electrons. The third-order valence-electron chi connectivity index (χ3n) is 6.99. The Bertz CT molecular complexity index is 1360. The summed E-state index contributed by atoms with van der Waals surface area (Å²) in [4.78, 5) is 55.6. The highest BCUT2D eigenvalue weighted by molar-refractivity contribution is 6.01. The molecule has 2 aromatic rings. The Hall–Kier alpha value is -4.61. The van der Waals surface area contributed by atoms with Gasteiger partial charge in [0.2, 0.25) is 5.96 Å². The average molecular weight is 609 g/mol. The quantitative estimate of drug-likeness (QED) is 0.240. The first-order valence-corrected chi connectivity index (χ1v) is 14.5. The molecule has 2 aliphatic rings. The number of carboxylic acids is 1. The van der Waals surface area contributed by atoms with Gasteiger partial charge >= 0.3 is 24.2 Å². The predicted octanol–water partition coefficient (Wildman–Crippen LogP) is 5.12. The van der Waals surface area contributed by atoms with Gasteiger partial charge in [-0.2, -0.15) is 0 Å². The molecule has 0 spiro atoms. The van der Waals surface area contributed by atoms with E-state index >= 15 is 0 Å². The second kappa shape index (κ2) is 12.9. The molecule has 12 nitrogen and oxygen atoms in total. The summed E-state index contributed by atoms with van der Waals surface area (Å²) in [5, 5.41) is 14.7. The van der Waals surface area contributed by atoms with Crippen LogP contribution in [0.4, 0.5) is 14.4 Å². The van der Waals surface area contributed by atoms with Crippen molar-refractivity contribution >= 4 is 30.2 Å². The van der Waals surface area contributed by atoms with Gasteiger partial charge in [0, 0.05) is 19.0 Å². The summed E-state index contributed by atoms with van der Waals surface area (Å²) in [7, 11) is 0. The van der Waals surface area contributed by atoms with E-state index in [1.165, 1.54) is 4.90 Å². The second-order valence-electron chi connectivity index (χ2n) is 12.9. The van der Waals surface area contributed by atoms with Crippen molar-refractivity contribution in [2.24, 2.45) is 10.9 Å². The maximum atomic E-state index is 13.2. The monoisotopic (exact) mass is 608 g/mol. The van der Waals surface area contributed by atoms with Gasteiger partial charge in [0.05, 0.1) is 0 Å². The SMILES string of the molecule is CC(C)(C)OC(=O)NC(=NC[C@@H]1C[C@@H](C(=O)O)N(C(=O)OCC2c3ccccc3-c3ccccc32)C1)NC(=O)OC(C)(C)C. The third kappa shape index (κ3) is 8.27. The predicted molar refractivity (Wildman–Crippen MR) is 162 cm³/mol. The summed E-state index contributed by atoms with van der Waals surface area (Å²) >= 11 is 0. The molecule has 0 unspecified atom stereocenters. The minimum atomic E-state index is -1.16. The minimum absolute atomic E-state index is 0.00212. The molecule has 0 saturated carbocycles. The number of carbonyl (C=O) groups excluding carboxylic acids is 3. The fourth-order valence-electron chi connectivity index (χ4n) is 5.30. The van der Waals surface area contributed by atoms with Crippen LogP contribution < -0.4 is 10.6 Å². The van der Waals surface area contributed by atoms with E-state index in [0.717, 1.165) is 22.3 Å². The minimum Gasteiger partial charge on any atom is -0.480 e. The number of amides is 3. The largest absolute Gasteiger partial charge is 0.480 e. The van der Waals surface area contributed by atoms with E-state index in [1.807, 2.05) is 48.5 Å². The Kier molecular flexibility index (Phi) is 9.50. The molecule has 4 rings (SSSR count). The molecule has 3 N–H and O–H groups in total. The molecule has 2 atom stereocenters. The summed E-state index contributed by atoms with van der Waals surface area (Å²) in [6.45, 7) is 10.2. The number of nitrogens with one attached hydrogen (secondary N) is 2. The fraction of sp³-hybridized carbons (Fsp3) is 0.469. The molecule has 44 heavy (non-hydrogen) atoms. The lowest BCUT2D eigenvalue weighted by Gasteiger charge is -2.23. The van der Waals surface area contributed by atoms with Gasteiger partial charge in [0.25, 0.3) is 0 Å². The van der Waals surface area contributed by atoms with E-state index in [-0.39, 0.29) is 38.0 Å². The highest BCUT2D eigenvalue weighted by Crippen LogP contribution is 2.44. The Balaban J connectivity index is 1.44. The van der Waals surface area contributed by atoms with Gasteiger partial charge in [-0.1, -0.05) is 48.5 Å². The number of nitrogens with zero attached hydrogens (tertiary/aromatic N) is 2. The summed E-state index contributed by atoms with van der Waals surface area (Å²) < 4.78 is 16.2. The number of rotatable bonds is 5. The van der Waals surface area contributed by atoms with Crippen molar-refractivity contribution in [2.45, 2.75) is 71.1 Å². The van der Waals surface area contributed by atoms with Gasteiger partial charge in [0.15, 0.2) is 0 Å². The number of hydrogen-bond acceptors (Lipinski definition) is 8. The molecule has 1 saturated heterocycles. The standard InChI is InChI=1S/C32H40N4O8/c1-31(2,3)43-28(39)34-27(35-29(40)44-32(4,5)6)33-16-19-15-25(26(37)38)36(17-19)30(41)42-18-24-22-13-9-7-11-20(22)21-12-8-10-14-23(21)24/h7-14,19,24-25H,15-18H2,1-6H3,(H,37,38)(H2,33,34,35,39,40)/t19-,25-/m0/s1. The van der Waals surface area contributed by atoms with E-state index in [9.17, 15) is 24.3 Å². The summed E-state index contributed by atoms with van der Waals surface area (Å²) in [5.41, 5.74) is 2.67. The molecule has 2 aromatic carbocycles. The van der Waals surface area contributed by atoms with Gasteiger partial charge in [-0.3, -0.25) is 20.5 Å². The Morgan fingerprint density at radius 2 is 1.36 bits per heavy atom. The van der Waals surface area contributed by atoms with Gasteiger partial charge in [0.1, 0.15) is 23.9 Å². The van der Waals surface area contributed by atoms with Gasteiger partial charge in [-0.15, -0.1) is 0 Å². The number of aliphatic carboxylic acids is 1. The molecular formula is C32H40N4O8. The van der Waals surface area contributed by atoms with Crippen LogP contribution in [0.1, 0.15) is 65.0 Å². The van der Waals surface area contributed by atoms with Crippen molar-refractivity contribution in [3.8, 4) is 11.1 Å². The topological polar surface area (TPSA) is 156 Å². The first-order valence-electron chi connectivity index (χ1n) is 14.5. The zero-order chi connectivity index (χ0) is 32.2. The zero-order valence-electron chi connectivity index (χ0n) is 25.9. The number of hydrogen-bond donors (Lipinski definition) is 3. The number of alkyl carbamates (subject to hydrolysis) is 2. The lowest BCUT2D eigenvalue weighted by atomic mass is 9.98. The number of aliphatic imine (C=N–C) groups is 1. The highest BCUT2D eigenvalue weighted by atomic mass is 16.6. The normalized spacial score (nSPS) is 17.6. The molecular weight excluding hydrogens is 568 g/mol. The van der Waals surface area contributed by atoms with Crippen LogP contribution >= 0.6 is 0 Å². The molecule has 1 heterocycles. The van der Waals surface area contributed by atoms with Crippen molar-refractivity contribution in [1.82, 2.24) is 15.5 Å². The van der Waals surface area contributed by atoms with Crippen molar-refractivity contribution < 1.29 is 38.5 Å². The Labute approximate surface area is 256 Å². The maximum Gasteiger partial charge on any atom is 0.414 e. The first-order chi connectivity index (χ1) is 20.6. The molecule has 1 fully saturated rings. The van der Waals surface area contributed by atoms with Crippen LogP contribution in [0.5, 0.6) is 0 Å². The maximum absolute atomic E-state index is 13.2. The van der Waals surface area contributed by atoms with E-state index in [1.54, 1.807) is 41.5 Å². The number of carboxylic acid groups (broad SMARTS) is 1. The fourth-order valence-corrected chi connectivity index (χ4v) is 5.30. The number of fused-ring (bicyclic) bond motifs is 3. The van der Waals surface area contributed by atoms with E-state index in [0.29, 0.717) is 0 Å². The van der Waals surface area contributed by atoms with E-state index in [2.05, 4.69) is 15.6 Å². The molecule has 0 bridgehead atoms. The molecule has 1 aliphatic heterocycles. The van der Waals surface area contributed by atoms with Crippen LogP contribution in [0.3, 0.4) is 0 Å². The van der Waals surface area contributed by atoms with Crippen LogP contribution in [-0.2, 0) is 19.0 Å². The van der Waals surface area contributed by atoms with Gasteiger partial charge in [-0.05, 0) is 76.1 Å². The Morgan fingerprint density at radius 3 is 1.84 bits per heavy atom. The van der Waals surface area contributed by atoms with Gasteiger partial charge in [-0.25, -0.2) is 19.2 Å². The van der Waals surface area contributed by atoms with Crippen molar-refractivity contribution in [3.05, 3.63) is 59.7 Å². The van der Waals surface area contributed by atoms with Crippen LogP contribution in [-0.4, -0.2) is 77.2 Å². The summed E-state index contributed by atoms with van der Waals surface area (Å²) in [6.07, 6.45) is -2.32. The van der Waals surface area contributed by atoms with Crippen molar-refractivity contribution in [1.29, 1.82) is 0 Å². The Morgan fingerprint density at radius 1 is 0.864 bits per heavy atom. The molecule has 1 aliphatic carbocycles. The number of carbonyl (C=O) groups is 4. The molecule has 12 heteroatoms. The smallest absolute Gasteiger partial charge is 0.414 e. The summed E-state index contributed by atoms with van der Waals surface area (Å²) in [6, 6.07) is 14.8. The van der Waals surface area contributed by atoms with E-state index in [4.69, 9.17) is 14.2 Å². The first kappa shape index (κ1) is 32.3. The van der Waals surface area contributed by atoms with Crippen molar-refractivity contribution in [2.75, 3.05) is 19.7 Å². The van der Waals surface area contributed by atoms with Gasteiger partial charge < -0.3 is 19.3 Å². The zero-order valence-corrected chi connectivity index (χ0v) is 25.9. The summed E-state index contributed by atoms with van der Waals surface area (Å²) in [5.74, 6) is -1.95. The number of benzene rings is 2. The van der Waals surface area contributed by atoms with Crippen molar-refractivity contribution in [3.63, 3.8) is 0 Å². The lowest BCUT2D eigenvalue weighted by Crippen LogP contribution is -2.47. The third-order valence-corrected chi connectivity index (χ3v) is 6.99. The lowest BCUT2D eigenvalue weighted by molar-refractivity contribution is -0.141. The molecule has 236 valence electrons. The van der Waals surface area contributed by atoms with Crippen LogP contribution in [0, 0.1) is 5.92 Å². The van der Waals surface area contributed by atoms with Crippen LogP contribution in [0.2, 0.25) is 0 Å². The number of likely N-dealkylation sites (tertiary alicyclic amines) is 1. The number of ether oxygens (including phenoxy) is 3. The highest BCUT2D eigenvalue weighted by Gasteiger charge is 2.41. The van der Waals surface area contributed by atoms with E-state index < -0.39 is 47.4 Å². The average Bonchev–Trinajstić information content (AvgIpc) is 3.48. The van der Waals surface area contributed by atoms with Crippen LogP contribution in [0.25, 0.3) is 11.1 Å². The molecule has 3 amide bonds. The van der Waals surface area contributed by atoms with Crippen LogP contribution in [0.15, 0.2) is 53.5 Å². The number of guanidine groups is 1.